The van der Waals surface area contributed by atoms with E-state index in [9.17, 15) is 0 Å². The van der Waals surface area contributed by atoms with Crippen LogP contribution in [0.25, 0.3) is 0 Å². The molecule has 1 aliphatic carbocycles. The first kappa shape index (κ1) is 14.1. The second-order valence-electron chi connectivity index (χ2n) is 5.33. The number of ether oxygens (including phenoxy) is 2. The molecule has 0 saturated carbocycles. The predicted octanol–water partition coefficient (Wildman–Crippen LogP) is 3.99. The van der Waals surface area contributed by atoms with Crippen LogP contribution >= 0.6 is 0 Å². The number of nitrogens with zero attached hydrogens (tertiary/aromatic N) is 1. The van der Waals surface area contributed by atoms with Crippen LogP contribution in [-0.4, -0.2) is 24.9 Å². The van der Waals surface area contributed by atoms with E-state index in [1.54, 1.807) is 7.11 Å². The third-order valence-corrected chi connectivity index (χ3v) is 4.01. The Kier molecular flexibility index (Phi) is 4.25. The number of fused-ring (bicyclic) bond motifs is 1. The molecule has 0 fully saturated rings. The Morgan fingerprint density at radius 2 is 2.24 bits per heavy atom. The van der Waals surface area contributed by atoms with Crippen LogP contribution in [-0.2, 0) is 15.9 Å². The maximum atomic E-state index is 5.80. The maximum absolute atomic E-state index is 5.80. The summed E-state index contributed by atoms with van der Waals surface area (Å²) in [5.41, 5.74) is 3.78. The third-order valence-electron chi connectivity index (χ3n) is 4.01. The molecule has 1 atom stereocenters. The summed E-state index contributed by atoms with van der Waals surface area (Å²) in [6.07, 6.45) is 12.3. The van der Waals surface area contributed by atoms with Gasteiger partial charge < -0.3 is 14.5 Å². The molecular weight excluding hydrogens is 264 g/mol. The Hall–Kier alpha value is -1.81. The smallest absolute Gasteiger partial charge is 0.133 e. The van der Waals surface area contributed by atoms with Crippen molar-refractivity contribution in [3.05, 3.63) is 40.8 Å². The molecule has 1 aliphatic heterocycles. The second kappa shape index (κ2) is 6.31. The normalized spacial score (nSPS) is 18.8. The van der Waals surface area contributed by atoms with Crippen LogP contribution in [0.2, 0.25) is 0 Å². The van der Waals surface area contributed by atoms with E-state index in [-0.39, 0.29) is 6.10 Å². The van der Waals surface area contributed by atoms with E-state index in [0.29, 0.717) is 6.61 Å². The van der Waals surface area contributed by atoms with Crippen LogP contribution in [0.4, 0.5) is 5.82 Å². The van der Waals surface area contributed by atoms with Crippen molar-refractivity contribution in [2.75, 3.05) is 13.7 Å². The summed E-state index contributed by atoms with van der Waals surface area (Å²) >= 11 is 0. The van der Waals surface area contributed by atoms with Gasteiger partial charge in [-0.05, 0) is 50.3 Å². The lowest BCUT2D eigenvalue weighted by atomic mass is 9.92. The van der Waals surface area contributed by atoms with E-state index in [1.165, 1.54) is 16.7 Å². The lowest BCUT2D eigenvalue weighted by Crippen LogP contribution is -2.10. The monoisotopic (exact) mass is 286 g/mol. The van der Waals surface area contributed by atoms with Crippen LogP contribution < -0.4 is 0 Å². The summed E-state index contributed by atoms with van der Waals surface area (Å²) in [6, 6.07) is 0. The molecular formula is C17H22N2O2. The molecule has 3 rings (SSSR count). The minimum Gasteiger partial charge on any atom is -0.494 e. The minimum absolute atomic E-state index is 0.0116. The van der Waals surface area contributed by atoms with E-state index < -0.39 is 0 Å². The standard InChI is InChI=1S/C17H22N2O2/c1-3-21-13-7-4-6-12(10-13)16(20-2)15-11-19-17-14(15)8-5-9-18-17/h7,9-11,16,19H,3-6,8H2,1-2H3. The third kappa shape index (κ3) is 2.81. The van der Waals surface area contributed by atoms with Crippen LogP contribution in [0.5, 0.6) is 0 Å². The zero-order chi connectivity index (χ0) is 14.7. The molecule has 21 heavy (non-hydrogen) atoms. The number of rotatable bonds is 5. The van der Waals surface area contributed by atoms with Gasteiger partial charge in [0.25, 0.3) is 0 Å². The second-order valence-corrected chi connectivity index (χ2v) is 5.33. The molecule has 1 unspecified atom stereocenters. The van der Waals surface area contributed by atoms with E-state index in [4.69, 9.17) is 9.47 Å². The van der Waals surface area contributed by atoms with Crippen molar-refractivity contribution < 1.29 is 9.47 Å². The molecule has 1 aromatic rings. The van der Waals surface area contributed by atoms with Gasteiger partial charge in [-0.2, -0.15) is 0 Å². The zero-order valence-electron chi connectivity index (χ0n) is 12.7. The Balaban J connectivity index is 1.90. The van der Waals surface area contributed by atoms with Gasteiger partial charge in [-0.3, -0.25) is 0 Å². The van der Waals surface area contributed by atoms with Gasteiger partial charge in [-0.25, -0.2) is 4.99 Å². The van der Waals surface area contributed by atoms with Crippen molar-refractivity contribution in [2.24, 2.45) is 4.99 Å². The molecule has 2 heterocycles. The molecule has 0 spiro atoms. The zero-order valence-corrected chi connectivity index (χ0v) is 12.7. The minimum atomic E-state index is -0.0116. The fourth-order valence-electron chi connectivity index (χ4n) is 3.08. The first-order valence-corrected chi connectivity index (χ1v) is 7.62. The van der Waals surface area contributed by atoms with E-state index in [1.807, 2.05) is 19.3 Å². The molecule has 4 heteroatoms. The fourth-order valence-corrected chi connectivity index (χ4v) is 3.08. The highest BCUT2D eigenvalue weighted by molar-refractivity contribution is 5.68. The molecule has 1 aromatic heterocycles. The first-order chi connectivity index (χ1) is 10.3. The van der Waals surface area contributed by atoms with Gasteiger partial charge in [0, 0.05) is 30.6 Å². The first-order valence-electron chi connectivity index (χ1n) is 7.62. The van der Waals surface area contributed by atoms with Crippen LogP contribution in [0.15, 0.2) is 34.7 Å². The lowest BCUT2D eigenvalue weighted by Gasteiger charge is -2.23. The molecule has 0 bridgehead atoms. The molecule has 1 N–H and O–H groups in total. The number of allylic oxidation sites excluding steroid dienone is 2. The van der Waals surface area contributed by atoms with Gasteiger partial charge in [0.1, 0.15) is 17.7 Å². The van der Waals surface area contributed by atoms with Crippen molar-refractivity contribution in [1.82, 2.24) is 4.98 Å². The quantitative estimate of drug-likeness (QED) is 0.889. The largest absolute Gasteiger partial charge is 0.494 e. The Morgan fingerprint density at radius 1 is 1.33 bits per heavy atom. The van der Waals surface area contributed by atoms with E-state index in [2.05, 4.69) is 22.1 Å². The molecule has 2 aliphatic rings. The number of aromatic nitrogens is 1. The molecule has 0 aromatic carbocycles. The van der Waals surface area contributed by atoms with Crippen LogP contribution in [0, 0.1) is 0 Å². The van der Waals surface area contributed by atoms with Crippen molar-refractivity contribution in [3.8, 4) is 0 Å². The fraction of sp³-hybridized carbons (Fsp3) is 0.471. The van der Waals surface area contributed by atoms with Crippen molar-refractivity contribution >= 4 is 12.0 Å². The van der Waals surface area contributed by atoms with Gasteiger partial charge in [-0.15, -0.1) is 0 Å². The van der Waals surface area contributed by atoms with Gasteiger partial charge in [0.2, 0.25) is 0 Å². The van der Waals surface area contributed by atoms with Gasteiger partial charge in [0.05, 0.1) is 6.61 Å². The molecule has 0 amide bonds. The van der Waals surface area contributed by atoms with E-state index in [0.717, 1.165) is 37.3 Å². The number of aliphatic imine (C=N–C) groups is 1. The number of hydrogen-bond donors (Lipinski definition) is 1. The highest BCUT2D eigenvalue weighted by Gasteiger charge is 2.24. The lowest BCUT2D eigenvalue weighted by molar-refractivity contribution is 0.128. The summed E-state index contributed by atoms with van der Waals surface area (Å²) < 4.78 is 11.4. The number of aromatic amines is 1. The maximum Gasteiger partial charge on any atom is 0.133 e. The average Bonchev–Trinajstić information content (AvgIpc) is 2.93. The van der Waals surface area contributed by atoms with Crippen molar-refractivity contribution in [2.45, 2.75) is 38.7 Å². The van der Waals surface area contributed by atoms with Gasteiger partial charge in [-0.1, -0.05) is 0 Å². The molecule has 0 saturated heterocycles. The van der Waals surface area contributed by atoms with Gasteiger partial charge in [0.15, 0.2) is 0 Å². The van der Waals surface area contributed by atoms with E-state index >= 15 is 0 Å². The number of nitrogens with one attached hydrogen (secondary N) is 1. The average molecular weight is 286 g/mol. The summed E-state index contributed by atoms with van der Waals surface area (Å²) in [5.74, 6) is 1.94. The summed E-state index contributed by atoms with van der Waals surface area (Å²) in [4.78, 5) is 7.69. The van der Waals surface area contributed by atoms with Crippen molar-refractivity contribution in [3.63, 3.8) is 0 Å². The summed E-state index contributed by atoms with van der Waals surface area (Å²) in [5, 5.41) is 0. The Labute approximate surface area is 125 Å². The number of H-pyrrole nitrogens is 1. The SMILES string of the molecule is CCOC1=CCCC(C(OC)c2c[nH]c3c2CCC=N3)=C1. The summed E-state index contributed by atoms with van der Waals surface area (Å²) in [7, 11) is 1.77. The van der Waals surface area contributed by atoms with Crippen LogP contribution in [0.1, 0.15) is 43.4 Å². The number of methoxy groups -OCH3 is 1. The molecule has 112 valence electrons. The Bertz CT molecular complexity index is 596. The van der Waals surface area contributed by atoms with Crippen molar-refractivity contribution in [1.29, 1.82) is 0 Å². The number of hydrogen-bond acceptors (Lipinski definition) is 3. The summed E-state index contributed by atoms with van der Waals surface area (Å²) in [6.45, 7) is 2.71. The van der Waals surface area contributed by atoms with Gasteiger partial charge >= 0.3 is 0 Å². The molecule has 4 nitrogen and oxygen atoms in total. The molecule has 0 radical (unpaired) electrons. The Morgan fingerprint density at radius 3 is 3.05 bits per heavy atom. The topological polar surface area (TPSA) is 46.6 Å². The highest BCUT2D eigenvalue weighted by atomic mass is 16.5. The predicted molar refractivity (Wildman–Crippen MR) is 84.0 cm³/mol. The highest BCUT2D eigenvalue weighted by Crippen LogP contribution is 2.38. The van der Waals surface area contributed by atoms with Crippen LogP contribution in [0.3, 0.4) is 0 Å².